The van der Waals surface area contributed by atoms with Gasteiger partial charge in [0.15, 0.2) is 0 Å². The second kappa shape index (κ2) is 10.3. The van der Waals surface area contributed by atoms with Gasteiger partial charge in [-0.3, -0.25) is 4.79 Å². The van der Waals surface area contributed by atoms with Crippen LogP contribution in [0.2, 0.25) is 0 Å². The van der Waals surface area contributed by atoms with Gasteiger partial charge in [0.2, 0.25) is 15.9 Å². The van der Waals surface area contributed by atoms with Gasteiger partial charge in [0.1, 0.15) is 0 Å². The molecule has 0 aliphatic carbocycles. The highest BCUT2D eigenvalue weighted by Gasteiger charge is 2.30. The third-order valence-corrected chi connectivity index (χ3v) is 6.60. The standard InChI is InChI=1S/C16H33N3O3S/c1-4-14-23(21,22)19-12-8-15(9-13-19)16(20)17-10-7-11-18(5-2)6-3/h15H,4-14H2,1-3H3,(H,17,20). The Balaban J connectivity index is 2.27. The minimum absolute atomic E-state index is 0.0449. The van der Waals surface area contributed by atoms with Gasteiger partial charge in [0.25, 0.3) is 0 Å². The lowest BCUT2D eigenvalue weighted by Crippen LogP contribution is -2.44. The van der Waals surface area contributed by atoms with Gasteiger partial charge in [-0.25, -0.2) is 12.7 Å². The molecule has 0 aromatic heterocycles. The molecule has 0 bridgehead atoms. The quantitative estimate of drug-likeness (QED) is 0.605. The molecule has 136 valence electrons. The largest absolute Gasteiger partial charge is 0.356 e. The average Bonchev–Trinajstić information content (AvgIpc) is 2.55. The second-order valence-electron chi connectivity index (χ2n) is 6.16. The number of carbonyl (C=O) groups excluding carboxylic acids is 1. The molecule has 1 fully saturated rings. The third kappa shape index (κ3) is 6.77. The van der Waals surface area contributed by atoms with Gasteiger partial charge in [0.05, 0.1) is 5.75 Å². The molecule has 0 spiro atoms. The van der Waals surface area contributed by atoms with Crippen LogP contribution in [-0.4, -0.2) is 68.6 Å². The van der Waals surface area contributed by atoms with Crippen LogP contribution >= 0.6 is 0 Å². The zero-order chi connectivity index (χ0) is 17.3. The maximum atomic E-state index is 12.2. The average molecular weight is 348 g/mol. The van der Waals surface area contributed by atoms with Gasteiger partial charge in [-0.2, -0.15) is 0 Å². The Morgan fingerprint density at radius 1 is 1.17 bits per heavy atom. The van der Waals surface area contributed by atoms with Crippen LogP contribution in [-0.2, 0) is 14.8 Å². The van der Waals surface area contributed by atoms with Crippen molar-refractivity contribution < 1.29 is 13.2 Å². The van der Waals surface area contributed by atoms with Crippen LogP contribution in [0.1, 0.15) is 46.5 Å². The van der Waals surface area contributed by atoms with Gasteiger partial charge >= 0.3 is 0 Å². The van der Waals surface area contributed by atoms with Crippen molar-refractivity contribution in [3.05, 3.63) is 0 Å². The highest BCUT2D eigenvalue weighted by atomic mass is 32.2. The lowest BCUT2D eigenvalue weighted by molar-refractivity contribution is -0.126. The molecule has 6 nitrogen and oxygen atoms in total. The summed E-state index contributed by atoms with van der Waals surface area (Å²) in [5, 5.41) is 3.00. The minimum Gasteiger partial charge on any atom is -0.356 e. The molecule has 1 saturated heterocycles. The highest BCUT2D eigenvalue weighted by molar-refractivity contribution is 7.89. The Bertz CT molecular complexity index is 441. The summed E-state index contributed by atoms with van der Waals surface area (Å²) in [7, 11) is -3.12. The monoisotopic (exact) mass is 347 g/mol. The van der Waals surface area contributed by atoms with Crippen molar-refractivity contribution in [3.8, 4) is 0 Å². The van der Waals surface area contributed by atoms with Crippen LogP contribution in [0.3, 0.4) is 0 Å². The molecule has 0 saturated carbocycles. The number of nitrogens with one attached hydrogen (secondary N) is 1. The van der Waals surface area contributed by atoms with E-state index in [0.29, 0.717) is 38.9 Å². The number of rotatable bonds is 10. The summed E-state index contributed by atoms with van der Waals surface area (Å²) in [6, 6.07) is 0. The fourth-order valence-corrected chi connectivity index (χ4v) is 4.52. The van der Waals surface area contributed by atoms with Gasteiger partial charge in [-0.05, 0) is 45.3 Å². The molecule has 1 heterocycles. The Labute approximate surface area is 141 Å². The minimum atomic E-state index is -3.12. The Kier molecular flexibility index (Phi) is 9.09. The normalized spacial score (nSPS) is 17.6. The molecule has 23 heavy (non-hydrogen) atoms. The highest BCUT2D eigenvalue weighted by Crippen LogP contribution is 2.20. The molecular formula is C16H33N3O3S. The van der Waals surface area contributed by atoms with E-state index in [1.807, 2.05) is 6.92 Å². The fourth-order valence-electron chi connectivity index (χ4n) is 2.98. The first-order valence-electron chi connectivity index (χ1n) is 8.92. The number of sulfonamides is 1. The fraction of sp³-hybridized carbons (Fsp3) is 0.938. The van der Waals surface area contributed by atoms with Crippen LogP contribution in [0.25, 0.3) is 0 Å². The lowest BCUT2D eigenvalue weighted by atomic mass is 9.97. The molecule has 1 rings (SSSR count). The lowest BCUT2D eigenvalue weighted by Gasteiger charge is -2.30. The molecule has 0 atom stereocenters. The summed E-state index contributed by atoms with van der Waals surface area (Å²) in [4.78, 5) is 14.5. The van der Waals surface area contributed by atoms with Gasteiger partial charge < -0.3 is 10.2 Å². The molecular weight excluding hydrogens is 314 g/mol. The predicted molar refractivity (Wildman–Crippen MR) is 93.8 cm³/mol. The summed E-state index contributed by atoms with van der Waals surface area (Å²) in [5.41, 5.74) is 0. The SMILES string of the molecule is CCCS(=O)(=O)N1CCC(C(=O)NCCCN(CC)CC)CC1. The first kappa shape index (κ1) is 20.4. The van der Waals surface area contributed by atoms with E-state index in [1.54, 1.807) is 4.31 Å². The molecule has 7 heteroatoms. The summed E-state index contributed by atoms with van der Waals surface area (Å²) in [6.07, 6.45) is 2.85. The first-order valence-corrected chi connectivity index (χ1v) is 10.5. The Morgan fingerprint density at radius 3 is 2.30 bits per heavy atom. The molecule has 1 amide bonds. The number of nitrogens with zero attached hydrogens (tertiary/aromatic N) is 2. The maximum Gasteiger partial charge on any atom is 0.223 e. The van der Waals surface area contributed by atoms with Crippen molar-refractivity contribution >= 4 is 15.9 Å². The van der Waals surface area contributed by atoms with Crippen molar-refractivity contribution in [2.45, 2.75) is 46.5 Å². The molecule has 1 aliphatic rings. The van der Waals surface area contributed by atoms with Crippen molar-refractivity contribution in [1.29, 1.82) is 0 Å². The van der Waals surface area contributed by atoms with E-state index < -0.39 is 10.0 Å². The molecule has 0 radical (unpaired) electrons. The van der Waals surface area contributed by atoms with E-state index in [2.05, 4.69) is 24.1 Å². The number of carbonyl (C=O) groups is 1. The van der Waals surface area contributed by atoms with E-state index in [0.717, 1.165) is 26.1 Å². The molecule has 1 N–H and O–H groups in total. The van der Waals surface area contributed by atoms with E-state index in [-0.39, 0.29) is 17.6 Å². The van der Waals surface area contributed by atoms with Crippen molar-refractivity contribution in [1.82, 2.24) is 14.5 Å². The zero-order valence-electron chi connectivity index (χ0n) is 14.9. The van der Waals surface area contributed by atoms with Crippen LogP contribution in [0.5, 0.6) is 0 Å². The Morgan fingerprint density at radius 2 is 1.78 bits per heavy atom. The summed E-state index contributed by atoms with van der Waals surface area (Å²) < 4.78 is 25.6. The summed E-state index contributed by atoms with van der Waals surface area (Å²) in [5.74, 6) is 0.239. The summed E-state index contributed by atoms with van der Waals surface area (Å²) in [6.45, 7) is 10.9. The molecule has 1 aliphatic heterocycles. The maximum absolute atomic E-state index is 12.2. The smallest absolute Gasteiger partial charge is 0.223 e. The molecule has 0 aromatic carbocycles. The van der Waals surface area contributed by atoms with Gasteiger partial charge in [0, 0.05) is 25.6 Å². The van der Waals surface area contributed by atoms with E-state index in [1.165, 1.54) is 0 Å². The van der Waals surface area contributed by atoms with Crippen molar-refractivity contribution in [2.75, 3.05) is 45.0 Å². The third-order valence-electron chi connectivity index (χ3n) is 4.52. The van der Waals surface area contributed by atoms with Crippen molar-refractivity contribution in [2.24, 2.45) is 5.92 Å². The van der Waals surface area contributed by atoms with E-state index >= 15 is 0 Å². The first-order chi connectivity index (χ1) is 10.9. The second-order valence-corrected chi connectivity index (χ2v) is 8.25. The van der Waals surface area contributed by atoms with Crippen LogP contribution < -0.4 is 5.32 Å². The molecule has 0 aromatic rings. The van der Waals surface area contributed by atoms with Crippen molar-refractivity contribution in [3.63, 3.8) is 0 Å². The van der Waals surface area contributed by atoms with Gasteiger partial charge in [-0.1, -0.05) is 20.8 Å². The number of hydrogen-bond acceptors (Lipinski definition) is 4. The van der Waals surface area contributed by atoms with Crippen LogP contribution in [0.15, 0.2) is 0 Å². The Hall–Kier alpha value is -0.660. The number of piperidine rings is 1. The number of amides is 1. The predicted octanol–water partition coefficient (Wildman–Crippen LogP) is 1.29. The van der Waals surface area contributed by atoms with Crippen LogP contribution in [0, 0.1) is 5.92 Å². The number of hydrogen-bond donors (Lipinski definition) is 1. The van der Waals surface area contributed by atoms with E-state index in [9.17, 15) is 13.2 Å². The molecule has 0 unspecified atom stereocenters. The van der Waals surface area contributed by atoms with Gasteiger partial charge in [-0.15, -0.1) is 0 Å². The topological polar surface area (TPSA) is 69.7 Å². The zero-order valence-corrected chi connectivity index (χ0v) is 15.7. The van der Waals surface area contributed by atoms with Crippen LogP contribution in [0.4, 0.5) is 0 Å². The summed E-state index contributed by atoms with van der Waals surface area (Å²) >= 11 is 0. The van der Waals surface area contributed by atoms with E-state index in [4.69, 9.17) is 0 Å².